The molecule has 1 N–H and O–H groups in total. The summed E-state index contributed by atoms with van der Waals surface area (Å²) in [4.78, 5) is 2.62. The van der Waals surface area contributed by atoms with E-state index in [1.54, 1.807) is 0 Å². The van der Waals surface area contributed by atoms with Crippen molar-refractivity contribution in [1.82, 2.24) is 20.0 Å². The van der Waals surface area contributed by atoms with E-state index in [2.05, 4.69) is 35.4 Å². The van der Waals surface area contributed by atoms with E-state index in [4.69, 9.17) is 0 Å². The van der Waals surface area contributed by atoms with Gasteiger partial charge in [-0.3, -0.25) is 9.58 Å². The molecule has 4 nitrogen and oxygen atoms in total. The number of aryl methyl sites for hydroxylation is 1. The van der Waals surface area contributed by atoms with E-state index in [0.717, 1.165) is 5.92 Å². The summed E-state index contributed by atoms with van der Waals surface area (Å²) in [5.74, 6) is 0.805. The van der Waals surface area contributed by atoms with Crippen molar-refractivity contribution >= 4 is 0 Å². The highest BCUT2D eigenvalue weighted by Crippen LogP contribution is 2.22. The van der Waals surface area contributed by atoms with E-state index in [9.17, 15) is 0 Å². The first-order valence-electron chi connectivity index (χ1n) is 7.64. The van der Waals surface area contributed by atoms with Gasteiger partial charge in [0.1, 0.15) is 0 Å². The second-order valence-electron chi connectivity index (χ2n) is 5.83. The Kier molecular flexibility index (Phi) is 5.40. The molecule has 0 bridgehead atoms. The minimum Gasteiger partial charge on any atom is -0.316 e. The molecular formula is C15H28N4. The Hall–Kier alpha value is -0.870. The van der Waals surface area contributed by atoms with Gasteiger partial charge in [0.25, 0.3) is 0 Å². The zero-order chi connectivity index (χ0) is 13.7. The maximum atomic E-state index is 4.30. The summed E-state index contributed by atoms with van der Waals surface area (Å²) in [6, 6.07) is 0.468. The van der Waals surface area contributed by atoms with Gasteiger partial charge >= 0.3 is 0 Å². The molecule has 2 atom stereocenters. The van der Waals surface area contributed by atoms with E-state index >= 15 is 0 Å². The standard InChI is InChI=1S/C15H28N4/c1-4-8-19(11-14-6-5-7-16-9-14)13(2)15-10-17-18(3)12-15/h10,12-14,16H,4-9,11H2,1-3H3. The molecule has 108 valence electrons. The minimum atomic E-state index is 0.468. The summed E-state index contributed by atoms with van der Waals surface area (Å²) < 4.78 is 1.90. The zero-order valence-corrected chi connectivity index (χ0v) is 12.6. The number of hydrogen-bond acceptors (Lipinski definition) is 3. The lowest BCUT2D eigenvalue weighted by Crippen LogP contribution is -2.39. The Morgan fingerprint density at radius 1 is 1.58 bits per heavy atom. The molecule has 2 unspecified atom stereocenters. The van der Waals surface area contributed by atoms with Crippen molar-refractivity contribution in [3.8, 4) is 0 Å². The van der Waals surface area contributed by atoms with Crippen molar-refractivity contribution in [2.75, 3.05) is 26.2 Å². The molecule has 0 radical (unpaired) electrons. The Balaban J connectivity index is 1.97. The highest BCUT2D eigenvalue weighted by molar-refractivity contribution is 5.09. The van der Waals surface area contributed by atoms with E-state index in [-0.39, 0.29) is 0 Å². The van der Waals surface area contributed by atoms with Gasteiger partial charge in [0, 0.05) is 31.4 Å². The lowest BCUT2D eigenvalue weighted by molar-refractivity contribution is 0.163. The van der Waals surface area contributed by atoms with Crippen LogP contribution >= 0.6 is 0 Å². The van der Waals surface area contributed by atoms with Crippen LogP contribution in [0, 0.1) is 5.92 Å². The number of rotatable bonds is 6. The monoisotopic (exact) mass is 264 g/mol. The third kappa shape index (κ3) is 4.05. The van der Waals surface area contributed by atoms with Crippen LogP contribution in [0.2, 0.25) is 0 Å². The third-order valence-corrected chi connectivity index (χ3v) is 4.16. The minimum absolute atomic E-state index is 0.468. The van der Waals surface area contributed by atoms with Gasteiger partial charge in [-0.25, -0.2) is 0 Å². The first-order valence-corrected chi connectivity index (χ1v) is 7.64. The summed E-state index contributed by atoms with van der Waals surface area (Å²) in [5.41, 5.74) is 1.33. The fourth-order valence-corrected chi connectivity index (χ4v) is 3.01. The van der Waals surface area contributed by atoms with Gasteiger partial charge in [0.15, 0.2) is 0 Å². The predicted molar refractivity (Wildman–Crippen MR) is 79.1 cm³/mol. The Morgan fingerprint density at radius 3 is 3.00 bits per heavy atom. The van der Waals surface area contributed by atoms with Crippen LogP contribution in [0.1, 0.15) is 44.7 Å². The molecule has 0 amide bonds. The Labute approximate surface area is 117 Å². The van der Waals surface area contributed by atoms with Gasteiger partial charge in [-0.2, -0.15) is 5.10 Å². The fraction of sp³-hybridized carbons (Fsp3) is 0.800. The maximum absolute atomic E-state index is 4.30. The van der Waals surface area contributed by atoms with Crippen LogP contribution in [0.5, 0.6) is 0 Å². The molecule has 1 aromatic heterocycles. The molecule has 1 aromatic rings. The van der Waals surface area contributed by atoms with Crippen LogP contribution in [0.25, 0.3) is 0 Å². The van der Waals surface area contributed by atoms with E-state index < -0.39 is 0 Å². The lowest BCUT2D eigenvalue weighted by Gasteiger charge is -2.33. The molecular weight excluding hydrogens is 236 g/mol. The predicted octanol–water partition coefficient (Wildman–Crippen LogP) is 2.19. The third-order valence-electron chi connectivity index (χ3n) is 4.16. The van der Waals surface area contributed by atoms with Gasteiger partial charge in [0.2, 0.25) is 0 Å². The number of hydrogen-bond donors (Lipinski definition) is 1. The van der Waals surface area contributed by atoms with E-state index in [0.29, 0.717) is 6.04 Å². The first-order chi connectivity index (χ1) is 9.20. The normalized spacial score (nSPS) is 21.8. The average molecular weight is 264 g/mol. The van der Waals surface area contributed by atoms with Crippen LogP contribution < -0.4 is 5.32 Å². The molecule has 1 saturated heterocycles. The second kappa shape index (κ2) is 7.06. The van der Waals surface area contributed by atoms with E-state index in [1.807, 2.05) is 17.9 Å². The van der Waals surface area contributed by atoms with Crippen molar-refractivity contribution in [2.24, 2.45) is 13.0 Å². The average Bonchev–Trinajstić information content (AvgIpc) is 2.85. The van der Waals surface area contributed by atoms with Crippen LogP contribution in [-0.2, 0) is 7.05 Å². The highest BCUT2D eigenvalue weighted by atomic mass is 15.2. The van der Waals surface area contributed by atoms with Crippen LogP contribution in [-0.4, -0.2) is 40.9 Å². The van der Waals surface area contributed by atoms with Crippen molar-refractivity contribution in [3.05, 3.63) is 18.0 Å². The molecule has 0 aromatic carbocycles. The van der Waals surface area contributed by atoms with Crippen molar-refractivity contribution in [2.45, 2.75) is 39.2 Å². The number of aromatic nitrogens is 2. The summed E-state index contributed by atoms with van der Waals surface area (Å²) >= 11 is 0. The molecule has 0 saturated carbocycles. The largest absolute Gasteiger partial charge is 0.316 e. The molecule has 0 aliphatic carbocycles. The Bertz CT molecular complexity index is 368. The molecule has 1 aliphatic heterocycles. The van der Waals surface area contributed by atoms with E-state index in [1.165, 1.54) is 51.0 Å². The topological polar surface area (TPSA) is 33.1 Å². The summed E-state index contributed by atoms with van der Waals surface area (Å²) in [6.07, 6.45) is 8.06. The quantitative estimate of drug-likeness (QED) is 0.855. The van der Waals surface area contributed by atoms with Gasteiger partial charge in [-0.15, -0.1) is 0 Å². The molecule has 4 heteroatoms. The molecule has 2 rings (SSSR count). The molecule has 19 heavy (non-hydrogen) atoms. The first kappa shape index (κ1) is 14.5. The molecule has 1 aliphatic rings. The zero-order valence-electron chi connectivity index (χ0n) is 12.6. The summed E-state index contributed by atoms with van der Waals surface area (Å²) in [7, 11) is 1.99. The van der Waals surface area contributed by atoms with Crippen molar-refractivity contribution in [3.63, 3.8) is 0 Å². The summed E-state index contributed by atoms with van der Waals surface area (Å²) in [5, 5.41) is 7.83. The molecule has 0 spiro atoms. The van der Waals surface area contributed by atoms with Gasteiger partial charge in [0.05, 0.1) is 6.20 Å². The van der Waals surface area contributed by atoms with Crippen LogP contribution in [0.15, 0.2) is 12.4 Å². The smallest absolute Gasteiger partial charge is 0.0537 e. The van der Waals surface area contributed by atoms with Crippen molar-refractivity contribution in [1.29, 1.82) is 0 Å². The number of nitrogens with one attached hydrogen (secondary N) is 1. The number of nitrogens with zero attached hydrogens (tertiary/aromatic N) is 3. The van der Waals surface area contributed by atoms with Gasteiger partial charge in [-0.05, 0) is 51.7 Å². The molecule has 2 heterocycles. The maximum Gasteiger partial charge on any atom is 0.0537 e. The highest BCUT2D eigenvalue weighted by Gasteiger charge is 2.21. The summed E-state index contributed by atoms with van der Waals surface area (Å²) in [6.45, 7) is 9.33. The van der Waals surface area contributed by atoms with Gasteiger partial charge < -0.3 is 5.32 Å². The van der Waals surface area contributed by atoms with Crippen LogP contribution in [0.3, 0.4) is 0 Å². The molecule has 1 fully saturated rings. The fourth-order valence-electron chi connectivity index (χ4n) is 3.01. The second-order valence-corrected chi connectivity index (χ2v) is 5.83. The van der Waals surface area contributed by atoms with Gasteiger partial charge in [-0.1, -0.05) is 6.92 Å². The lowest BCUT2D eigenvalue weighted by atomic mass is 9.97. The SMILES string of the molecule is CCCN(CC1CCCNC1)C(C)c1cnn(C)c1. The van der Waals surface area contributed by atoms with Crippen molar-refractivity contribution < 1.29 is 0 Å². The van der Waals surface area contributed by atoms with Crippen LogP contribution in [0.4, 0.5) is 0 Å². The number of piperidine rings is 1. The Morgan fingerprint density at radius 2 is 2.42 bits per heavy atom.